The van der Waals surface area contributed by atoms with E-state index in [-0.39, 0.29) is 50.5 Å². The highest BCUT2D eigenvalue weighted by Crippen LogP contribution is 2.37. The molecule has 4 rings (SSSR count). The zero-order valence-electron chi connectivity index (χ0n) is 19.0. The van der Waals surface area contributed by atoms with E-state index in [1.54, 1.807) is 48.0 Å². The maximum atomic E-state index is 12.2. The molecule has 4 heterocycles. The van der Waals surface area contributed by atoms with Crippen LogP contribution in [-0.4, -0.2) is 82.7 Å². The minimum Gasteiger partial charge on any atom is -0.262 e. The molecule has 2 saturated heterocycles. The van der Waals surface area contributed by atoms with Crippen molar-refractivity contribution in [2.75, 3.05) is 37.7 Å². The lowest BCUT2D eigenvalue weighted by Crippen LogP contribution is -2.64. The van der Waals surface area contributed by atoms with Crippen LogP contribution in [0.1, 0.15) is 26.7 Å². The van der Waals surface area contributed by atoms with Crippen LogP contribution in [0, 0.1) is 22.7 Å². The van der Waals surface area contributed by atoms with Crippen molar-refractivity contribution in [1.29, 1.82) is 10.5 Å². The number of hydrogen-bond donors (Lipinski definition) is 0. The minimum absolute atomic E-state index is 0.000603. The van der Waals surface area contributed by atoms with Crippen LogP contribution in [0.2, 0.25) is 0 Å². The molecule has 2 aromatic rings. The van der Waals surface area contributed by atoms with Crippen LogP contribution < -0.4 is 0 Å². The fraction of sp³-hybridized carbons (Fsp3) is 0.600. The highest BCUT2D eigenvalue weighted by Gasteiger charge is 2.51. The number of aromatic nitrogens is 4. The van der Waals surface area contributed by atoms with Gasteiger partial charge in [0.15, 0.2) is 0 Å². The summed E-state index contributed by atoms with van der Waals surface area (Å²) in [6, 6.07) is 4.28. The lowest BCUT2D eigenvalue weighted by Gasteiger charge is -2.47. The van der Waals surface area contributed by atoms with Crippen molar-refractivity contribution in [3.8, 4) is 23.3 Å². The zero-order chi connectivity index (χ0) is 24.8. The van der Waals surface area contributed by atoms with Gasteiger partial charge >= 0.3 is 0 Å². The highest BCUT2D eigenvalue weighted by molar-refractivity contribution is 7.89. The van der Waals surface area contributed by atoms with Crippen molar-refractivity contribution in [3.63, 3.8) is 0 Å². The van der Waals surface area contributed by atoms with Gasteiger partial charge in [0.1, 0.15) is 11.1 Å². The first-order valence-corrected chi connectivity index (χ1v) is 14.1. The Morgan fingerprint density at radius 2 is 1.15 bits per heavy atom. The molecule has 0 amide bonds. The first kappa shape index (κ1) is 24.3. The molecule has 34 heavy (non-hydrogen) atoms. The molecule has 14 heteroatoms. The minimum atomic E-state index is -3.34. The Kier molecular flexibility index (Phi) is 6.06. The Bertz CT molecular complexity index is 1260. The van der Waals surface area contributed by atoms with Gasteiger partial charge in [0.2, 0.25) is 20.0 Å². The summed E-state index contributed by atoms with van der Waals surface area (Å²) in [6.45, 7) is 3.91. The van der Waals surface area contributed by atoms with E-state index in [4.69, 9.17) is 0 Å². The topological polar surface area (TPSA) is 158 Å². The van der Waals surface area contributed by atoms with E-state index < -0.39 is 31.1 Å². The molecule has 2 fully saturated rings. The van der Waals surface area contributed by atoms with Gasteiger partial charge in [-0.1, -0.05) is 0 Å². The normalized spacial score (nSPS) is 20.1. The highest BCUT2D eigenvalue weighted by atomic mass is 32.2. The lowest BCUT2D eigenvalue weighted by atomic mass is 9.89. The lowest BCUT2D eigenvalue weighted by molar-refractivity contribution is 0.0717. The van der Waals surface area contributed by atoms with Gasteiger partial charge < -0.3 is 0 Å². The number of nitriles is 2. The number of hydrogen-bond acceptors (Lipinski definition) is 8. The zero-order valence-corrected chi connectivity index (χ0v) is 20.6. The predicted octanol–water partition coefficient (Wildman–Crippen LogP) is 0.295. The average molecular weight is 507 g/mol. The van der Waals surface area contributed by atoms with Gasteiger partial charge in [-0.2, -0.15) is 29.3 Å². The third-order valence-corrected chi connectivity index (χ3v) is 10.2. The maximum Gasteiger partial charge on any atom is 0.213 e. The van der Waals surface area contributed by atoms with Crippen LogP contribution >= 0.6 is 0 Å². The van der Waals surface area contributed by atoms with Gasteiger partial charge in [0.05, 0.1) is 48.9 Å². The van der Waals surface area contributed by atoms with Crippen LogP contribution in [0.25, 0.3) is 11.1 Å². The van der Waals surface area contributed by atoms with Crippen molar-refractivity contribution < 1.29 is 16.8 Å². The molecular formula is C20H26N8O4S2. The predicted molar refractivity (Wildman–Crippen MR) is 122 cm³/mol. The standard InChI is InChI=1S/C20H26N8O4S2/c1-3-33(29,30)25-13-19(14-25,5-7-21)27-11-17(9-23-27)18-10-24-28(12-18)20(6-8-22)15-26(16-20)34(31,32)4-2/h9-12H,3-6,13-16H2,1-2H3. The molecule has 182 valence electrons. The molecular weight excluding hydrogens is 480 g/mol. The second-order valence-corrected chi connectivity index (χ2v) is 13.3. The van der Waals surface area contributed by atoms with Crippen LogP contribution in [-0.2, 0) is 31.1 Å². The molecule has 0 N–H and O–H groups in total. The number of nitrogens with zero attached hydrogens (tertiary/aromatic N) is 8. The quantitative estimate of drug-likeness (QED) is 0.469. The van der Waals surface area contributed by atoms with Gasteiger partial charge in [-0.3, -0.25) is 9.36 Å². The monoisotopic (exact) mass is 506 g/mol. The molecule has 2 aliphatic heterocycles. The van der Waals surface area contributed by atoms with E-state index in [1.165, 1.54) is 8.61 Å². The molecule has 2 aromatic heterocycles. The van der Waals surface area contributed by atoms with Crippen molar-refractivity contribution in [2.24, 2.45) is 0 Å². The molecule has 0 aromatic carbocycles. The Labute approximate surface area is 199 Å². The largest absolute Gasteiger partial charge is 0.262 e. The molecule has 0 saturated carbocycles. The van der Waals surface area contributed by atoms with Gasteiger partial charge in [-0.25, -0.2) is 16.8 Å². The third-order valence-electron chi connectivity index (χ3n) is 6.69. The summed E-state index contributed by atoms with van der Waals surface area (Å²) in [7, 11) is -6.68. The first-order chi connectivity index (χ1) is 16.0. The Hall–Kier alpha value is -2.78. The third kappa shape index (κ3) is 3.90. The SMILES string of the molecule is CCS(=O)(=O)N1CC(CC#N)(n2cc(-c3cnn(C4(CC#N)CN(S(=O)(=O)CC)C4)c3)cn2)C1. The van der Waals surface area contributed by atoms with Gasteiger partial charge in [0.25, 0.3) is 0 Å². The van der Waals surface area contributed by atoms with Gasteiger partial charge in [-0.15, -0.1) is 0 Å². The Morgan fingerprint density at radius 1 is 0.794 bits per heavy atom. The Morgan fingerprint density at radius 3 is 1.44 bits per heavy atom. The van der Waals surface area contributed by atoms with E-state index in [1.807, 2.05) is 0 Å². The molecule has 0 radical (unpaired) electrons. The van der Waals surface area contributed by atoms with Crippen molar-refractivity contribution in [2.45, 2.75) is 37.8 Å². The summed E-state index contributed by atoms with van der Waals surface area (Å²) < 4.78 is 54.7. The van der Waals surface area contributed by atoms with Crippen molar-refractivity contribution >= 4 is 20.0 Å². The van der Waals surface area contributed by atoms with E-state index in [2.05, 4.69) is 22.3 Å². The fourth-order valence-electron chi connectivity index (χ4n) is 4.41. The van der Waals surface area contributed by atoms with Gasteiger partial charge in [0, 0.05) is 49.7 Å². The summed E-state index contributed by atoms with van der Waals surface area (Å²) in [5.74, 6) is 0.00121. The maximum absolute atomic E-state index is 12.2. The van der Waals surface area contributed by atoms with E-state index >= 15 is 0 Å². The van der Waals surface area contributed by atoms with E-state index in [9.17, 15) is 27.4 Å². The first-order valence-electron chi connectivity index (χ1n) is 10.8. The molecule has 0 unspecified atom stereocenters. The molecule has 2 aliphatic rings. The summed E-state index contributed by atoms with van der Waals surface area (Å²) in [4.78, 5) is 0. The van der Waals surface area contributed by atoms with Gasteiger partial charge in [-0.05, 0) is 13.8 Å². The van der Waals surface area contributed by atoms with Crippen LogP contribution in [0.3, 0.4) is 0 Å². The summed E-state index contributed by atoms with van der Waals surface area (Å²) in [5.41, 5.74) is 0.00151. The second kappa shape index (κ2) is 8.46. The smallest absolute Gasteiger partial charge is 0.213 e. The molecule has 0 atom stereocenters. The van der Waals surface area contributed by atoms with Crippen molar-refractivity contribution in [1.82, 2.24) is 28.2 Å². The fourth-order valence-corrected chi connectivity index (χ4v) is 6.89. The molecule has 12 nitrogen and oxygen atoms in total. The number of sulfonamides is 2. The van der Waals surface area contributed by atoms with Crippen LogP contribution in [0.15, 0.2) is 24.8 Å². The van der Waals surface area contributed by atoms with Crippen LogP contribution in [0.5, 0.6) is 0 Å². The molecule has 0 spiro atoms. The van der Waals surface area contributed by atoms with Crippen LogP contribution in [0.4, 0.5) is 0 Å². The van der Waals surface area contributed by atoms with E-state index in [0.717, 1.165) is 11.1 Å². The average Bonchev–Trinajstić information content (AvgIpc) is 3.42. The summed E-state index contributed by atoms with van der Waals surface area (Å²) >= 11 is 0. The second-order valence-electron chi connectivity index (χ2n) is 8.80. The summed E-state index contributed by atoms with van der Waals surface area (Å²) in [5, 5.41) is 27.5. The molecule has 0 aliphatic carbocycles. The number of rotatable bonds is 9. The summed E-state index contributed by atoms with van der Waals surface area (Å²) in [6.07, 6.45) is 7.03. The Balaban J connectivity index is 1.56. The van der Waals surface area contributed by atoms with E-state index in [0.29, 0.717) is 0 Å². The molecule has 0 bridgehead atoms. The van der Waals surface area contributed by atoms with Crippen molar-refractivity contribution in [3.05, 3.63) is 24.8 Å².